The lowest BCUT2D eigenvalue weighted by Gasteiger charge is -2.14. The zero-order chi connectivity index (χ0) is 15.5. The van der Waals surface area contributed by atoms with Gasteiger partial charge in [0.1, 0.15) is 6.04 Å². The third kappa shape index (κ3) is 7.90. The lowest BCUT2D eigenvalue weighted by molar-refractivity contribution is -0.142. The average molecular weight is 289 g/mol. The highest BCUT2D eigenvalue weighted by atomic mass is 16.5. The van der Waals surface area contributed by atoms with E-state index in [1.165, 1.54) is 7.11 Å². The Balaban J connectivity index is 4.17. The van der Waals surface area contributed by atoms with Crippen LogP contribution in [0.25, 0.3) is 0 Å². The highest BCUT2D eigenvalue weighted by Gasteiger charge is 2.21. The van der Waals surface area contributed by atoms with Gasteiger partial charge in [-0.05, 0) is 13.3 Å². The number of hydrogen-bond acceptors (Lipinski definition) is 5. The number of carboxylic acid groups (broad SMARTS) is 1. The van der Waals surface area contributed by atoms with E-state index in [-0.39, 0.29) is 25.3 Å². The van der Waals surface area contributed by atoms with Gasteiger partial charge in [0.05, 0.1) is 13.7 Å². The molecule has 0 aliphatic rings. The van der Waals surface area contributed by atoms with Crippen LogP contribution >= 0.6 is 0 Å². The second-order valence-corrected chi connectivity index (χ2v) is 3.79. The number of likely N-dealkylation sites (N-methyl/N-ethyl adjacent to an activating group) is 1. The first-order chi connectivity index (χ1) is 9.40. The van der Waals surface area contributed by atoms with E-state index in [9.17, 15) is 19.2 Å². The molecule has 1 atom stereocenters. The summed E-state index contributed by atoms with van der Waals surface area (Å²) in [4.78, 5) is 44.3. The number of hydrogen-bond donors (Lipinski definition) is 4. The van der Waals surface area contributed by atoms with Gasteiger partial charge in [-0.2, -0.15) is 0 Å². The molecule has 9 nitrogen and oxygen atoms in total. The number of carboxylic acids is 1. The van der Waals surface area contributed by atoms with Crippen molar-refractivity contribution in [2.75, 3.05) is 20.2 Å². The molecule has 0 radical (unpaired) electrons. The van der Waals surface area contributed by atoms with Crippen LogP contribution in [0, 0.1) is 0 Å². The summed E-state index contributed by atoms with van der Waals surface area (Å²) in [6, 6.07) is -2.03. The molecular formula is C11H19N3O6. The molecule has 0 rings (SSSR count). The van der Waals surface area contributed by atoms with E-state index < -0.39 is 24.0 Å². The van der Waals surface area contributed by atoms with Gasteiger partial charge in [-0.25, -0.2) is 9.59 Å². The number of amides is 3. The van der Waals surface area contributed by atoms with E-state index in [2.05, 4.69) is 20.7 Å². The quantitative estimate of drug-likeness (QED) is 0.416. The number of aliphatic carboxylic acids is 1. The van der Waals surface area contributed by atoms with Crippen molar-refractivity contribution in [2.24, 2.45) is 0 Å². The fourth-order valence-corrected chi connectivity index (χ4v) is 1.25. The monoisotopic (exact) mass is 289 g/mol. The Hall–Kier alpha value is -2.32. The second kappa shape index (κ2) is 9.59. The molecule has 20 heavy (non-hydrogen) atoms. The van der Waals surface area contributed by atoms with Crippen LogP contribution in [0.4, 0.5) is 4.79 Å². The Labute approximate surface area is 116 Å². The van der Waals surface area contributed by atoms with Crippen LogP contribution in [-0.4, -0.2) is 55.2 Å². The summed E-state index contributed by atoms with van der Waals surface area (Å²) in [6.07, 6.45) is -0.235. The standard InChI is InChI=1S/C11H19N3O6/c1-3-12-8(15)6-13-11(19)14-7(10(17)18)4-5-9(16)20-2/h7H,3-6H2,1-2H3,(H,12,15)(H,17,18)(H2,13,14,19)/t7-/m1/s1. The largest absolute Gasteiger partial charge is 0.480 e. The van der Waals surface area contributed by atoms with Gasteiger partial charge < -0.3 is 25.8 Å². The maximum absolute atomic E-state index is 11.4. The van der Waals surface area contributed by atoms with Gasteiger partial charge in [-0.15, -0.1) is 0 Å². The summed E-state index contributed by atoms with van der Waals surface area (Å²) in [7, 11) is 1.19. The molecule has 0 unspecified atom stereocenters. The Morgan fingerprint density at radius 3 is 2.35 bits per heavy atom. The molecule has 0 saturated heterocycles. The van der Waals surface area contributed by atoms with Crippen molar-refractivity contribution in [2.45, 2.75) is 25.8 Å². The number of ether oxygens (including phenoxy) is 1. The van der Waals surface area contributed by atoms with Gasteiger partial charge in [0.2, 0.25) is 5.91 Å². The maximum atomic E-state index is 11.4. The molecular weight excluding hydrogens is 270 g/mol. The van der Waals surface area contributed by atoms with Crippen molar-refractivity contribution in [3.8, 4) is 0 Å². The van der Waals surface area contributed by atoms with Crippen LogP contribution in [-0.2, 0) is 19.1 Å². The van der Waals surface area contributed by atoms with Gasteiger partial charge >= 0.3 is 18.0 Å². The summed E-state index contributed by atoms with van der Waals surface area (Å²) in [5, 5.41) is 15.7. The molecule has 0 aromatic heterocycles. The molecule has 3 amide bonds. The normalized spacial score (nSPS) is 11.1. The minimum Gasteiger partial charge on any atom is -0.480 e. The van der Waals surface area contributed by atoms with Crippen LogP contribution in [0.5, 0.6) is 0 Å². The van der Waals surface area contributed by atoms with Crippen LogP contribution in [0.2, 0.25) is 0 Å². The van der Waals surface area contributed by atoms with Crippen LogP contribution in [0.1, 0.15) is 19.8 Å². The van der Waals surface area contributed by atoms with Crippen molar-refractivity contribution in [1.29, 1.82) is 0 Å². The van der Waals surface area contributed by atoms with Crippen molar-refractivity contribution in [1.82, 2.24) is 16.0 Å². The molecule has 0 heterocycles. The van der Waals surface area contributed by atoms with Gasteiger partial charge in [0, 0.05) is 13.0 Å². The fourth-order valence-electron chi connectivity index (χ4n) is 1.25. The second-order valence-electron chi connectivity index (χ2n) is 3.79. The van der Waals surface area contributed by atoms with Crippen LogP contribution in [0.15, 0.2) is 0 Å². The first-order valence-corrected chi connectivity index (χ1v) is 6.01. The lowest BCUT2D eigenvalue weighted by Crippen LogP contribution is -2.48. The minimum absolute atomic E-state index is 0.101. The number of nitrogens with one attached hydrogen (secondary N) is 3. The number of carbonyl (C=O) groups is 4. The highest BCUT2D eigenvalue weighted by Crippen LogP contribution is 1.99. The van der Waals surface area contributed by atoms with E-state index in [0.29, 0.717) is 6.54 Å². The Morgan fingerprint density at radius 2 is 1.85 bits per heavy atom. The van der Waals surface area contributed by atoms with E-state index in [1.54, 1.807) is 6.92 Å². The first kappa shape index (κ1) is 17.7. The Kier molecular flexibility index (Phi) is 8.48. The molecule has 0 bridgehead atoms. The molecule has 0 aromatic rings. The Bertz CT molecular complexity index is 371. The predicted molar refractivity (Wildman–Crippen MR) is 67.9 cm³/mol. The predicted octanol–water partition coefficient (Wildman–Crippen LogP) is -1.17. The third-order valence-corrected chi connectivity index (χ3v) is 2.25. The van der Waals surface area contributed by atoms with Crippen molar-refractivity contribution >= 4 is 23.9 Å². The van der Waals surface area contributed by atoms with Crippen molar-refractivity contribution < 1.29 is 29.0 Å². The van der Waals surface area contributed by atoms with E-state index in [4.69, 9.17) is 5.11 Å². The summed E-state index contributed by atoms with van der Waals surface area (Å²) in [6.45, 7) is 1.90. The van der Waals surface area contributed by atoms with Gasteiger partial charge in [0.15, 0.2) is 0 Å². The maximum Gasteiger partial charge on any atom is 0.326 e. The molecule has 9 heteroatoms. The summed E-state index contributed by atoms with van der Waals surface area (Å²) >= 11 is 0. The molecule has 114 valence electrons. The summed E-state index contributed by atoms with van der Waals surface area (Å²) in [5.41, 5.74) is 0. The third-order valence-electron chi connectivity index (χ3n) is 2.25. The number of esters is 1. The fraction of sp³-hybridized carbons (Fsp3) is 0.636. The highest BCUT2D eigenvalue weighted by molar-refractivity contribution is 5.86. The van der Waals surface area contributed by atoms with Crippen molar-refractivity contribution in [3.63, 3.8) is 0 Å². The first-order valence-electron chi connectivity index (χ1n) is 6.01. The molecule has 0 aliphatic carbocycles. The van der Waals surface area contributed by atoms with Crippen LogP contribution < -0.4 is 16.0 Å². The minimum atomic E-state index is -1.28. The van der Waals surface area contributed by atoms with Gasteiger partial charge in [-0.3, -0.25) is 9.59 Å². The van der Waals surface area contributed by atoms with Gasteiger partial charge in [0.25, 0.3) is 0 Å². The molecule has 0 fully saturated rings. The van der Waals surface area contributed by atoms with E-state index in [0.717, 1.165) is 0 Å². The zero-order valence-electron chi connectivity index (χ0n) is 11.4. The van der Waals surface area contributed by atoms with Crippen molar-refractivity contribution in [3.05, 3.63) is 0 Å². The number of rotatable bonds is 8. The Morgan fingerprint density at radius 1 is 1.20 bits per heavy atom. The number of carbonyl (C=O) groups excluding carboxylic acids is 3. The molecule has 0 aromatic carbocycles. The summed E-state index contributed by atoms with van der Waals surface area (Å²) < 4.78 is 4.38. The number of methoxy groups -OCH3 is 1. The molecule has 0 spiro atoms. The van der Waals surface area contributed by atoms with E-state index >= 15 is 0 Å². The SMILES string of the molecule is CCNC(=O)CNC(=O)N[C@H](CCC(=O)OC)C(=O)O. The molecule has 4 N–H and O–H groups in total. The average Bonchev–Trinajstić information content (AvgIpc) is 2.40. The zero-order valence-corrected chi connectivity index (χ0v) is 11.4. The summed E-state index contributed by atoms with van der Waals surface area (Å²) in [5.74, 6) is -2.23. The molecule has 0 saturated carbocycles. The topological polar surface area (TPSA) is 134 Å². The van der Waals surface area contributed by atoms with Crippen LogP contribution in [0.3, 0.4) is 0 Å². The molecule has 0 aliphatic heterocycles. The lowest BCUT2D eigenvalue weighted by atomic mass is 10.1. The van der Waals surface area contributed by atoms with E-state index in [1.807, 2.05) is 0 Å². The number of urea groups is 1. The van der Waals surface area contributed by atoms with Gasteiger partial charge in [-0.1, -0.05) is 0 Å². The smallest absolute Gasteiger partial charge is 0.326 e.